The third-order valence-electron chi connectivity index (χ3n) is 7.24. The van der Waals surface area contributed by atoms with Crippen LogP contribution in [-0.4, -0.2) is 11.6 Å². The molecule has 0 aromatic heterocycles. The van der Waals surface area contributed by atoms with Crippen molar-refractivity contribution in [2.75, 3.05) is 0 Å². The molecule has 0 fully saturated rings. The number of nitrogens with one attached hydrogen (secondary N) is 1. The normalized spacial score (nSPS) is 21.4. The molecule has 0 amide bonds. The Bertz CT molecular complexity index is 1220. The van der Waals surface area contributed by atoms with Crippen LogP contribution >= 0.6 is 11.6 Å². The second-order valence-corrected chi connectivity index (χ2v) is 12.1. The largest absolute Gasteiger partial charge is 0.489 e. The maximum atomic E-state index is 13.6. The monoisotopic (exact) mass is 489 g/mol. The highest BCUT2D eigenvalue weighted by Crippen LogP contribution is 2.52. The fraction of sp³-hybridized carbons (Fsp3) is 0.400. The standard InChI is InChI=1S/C30H32ClNO3/c1-29(2)13-21-27(23(33)15-29)26(28-22(32-21)14-30(3,4)16-24(28)34)20-12-19(31)10-11-25(20)35-17-18-8-6-5-7-9-18/h5-12,26,32H,13-17H2,1-4H3. The highest BCUT2D eigenvalue weighted by atomic mass is 35.5. The summed E-state index contributed by atoms with van der Waals surface area (Å²) in [6, 6.07) is 15.5. The fourth-order valence-corrected chi connectivity index (χ4v) is 5.99. The number of rotatable bonds is 4. The number of carbonyl (C=O) groups excluding carboxylic acids is 2. The zero-order valence-corrected chi connectivity index (χ0v) is 21.6. The number of allylic oxidation sites excluding steroid dienone is 4. The first-order valence-corrected chi connectivity index (χ1v) is 12.7. The second-order valence-electron chi connectivity index (χ2n) is 11.7. The lowest BCUT2D eigenvalue weighted by atomic mass is 9.64. The van der Waals surface area contributed by atoms with E-state index in [4.69, 9.17) is 16.3 Å². The van der Waals surface area contributed by atoms with Crippen molar-refractivity contribution in [1.29, 1.82) is 0 Å². The molecular formula is C30H32ClNO3. The minimum absolute atomic E-state index is 0.0897. The van der Waals surface area contributed by atoms with Crippen molar-refractivity contribution in [2.45, 2.75) is 65.9 Å². The summed E-state index contributed by atoms with van der Waals surface area (Å²) in [5, 5.41) is 4.12. The molecule has 1 aliphatic heterocycles. The SMILES string of the molecule is CC1(C)CC(=O)C2=C(C1)NC1=C(C(=O)CC(C)(C)C1)C2c1cc(Cl)ccc1OCc1ccccc1. The van der Waals surface area contributed by atoms with E-state index in [1.54, 1.807) is 6.07 Å². The molecule has 0 unspecified atom stereocenters. The molecule has 5 rings (SSSR count). The molecule has 5 heteroatoms. The molecule has 0 saturated heterocycles. The van der Waals surface area contributed by atoms with Crippen molar-refractivity contribution in [3.8, 4) is 5.75 Å². The summed E-state index contributed by atoms with van der Waals surface area (Å²) in [6.07, 6.45) is 2.42. The molecule has 2 aromatic rings. The Morgan fingerprint density at radius 3 is 2.00 bits per heavy atom. The molecule has 3 aliphatic rings. The van der Waals surface area contributed by atoms with Crippen molar-refractivity contribution in [2.24, 2.45) is 10.8 Å². The van der Waals surface area contributed by atoms with Gasteiger partial charge in [-0.2, -0.15) is 0 Å². The first-order valence-electron chi connectivity index (χ1n) is 12.3. The molecule has 4 nitrogen and oxygen atoms in total. The van der Waals surface area contributed by atoms with E-state index in [-0.39, 0.29) is 22.4 Å². The van der Waals surface area contributed by atoms with Crippen molar-refractivity contribution in [3.05, 3.63) is 87.2 Å². The van der Waals surface area contributed by atoms with Gasteiger partial charge in [0, 0.05) is 51.9 Å². The number of hydrogen-bond donors (Lipinski definition) is 1. The smallest absolute Gasteiger partial charge is 0.162 e. The van der Waals surface area contributed by atoms with Gasteiger partial charge in [0.2, 0.25) is 0 Å². The van der Waals surface area contributed by atoms with Gasteiger partial charge in [-0.25, -0.2) is 0 Å². The highest BCUT2D eigenvalue weighted by Gasteiger charge is 2.47. The third kappa shape index (κ3) is 4.69. The van der Waals surface area contributed by atoms with E-state index in [1.165, 1.54) is 0 Å². The Hall–Kier alpha value is -2.85. The lowest BCUT2D eigenvalue weighted by molar-refractivity contribution is -0.119. The molecule has 35 heavy (non-hydrogen) atoms. The average Bonchev–Trinajstić information content (AvgIpc) is 2.76. The maximum Gasteiger partial charge on any atom is 0.162 e. The first-order chi connectivity index (χ1) is 16.5. The predicted molar refractivity (Wildman–Crippen MR) is 138 cm³/mol. The van der Waals surface area contributed by atoms with E-state index >= 15 is 0 Å². The zero-order chi connectivity index (χ0) is 25.0. The number of Topliss-reactive ketones (excluding diaryl/α,β-unsaturated/α-hetero) is 2. The van der Waals surface area contributed by atoms with Gasteiger partial charge in [0.25, 0.3) is 0 Å². The molecule has 0 bridgehead atoms. The summed E-state index contributed by atoms with van der Waals surface area (Å²) >= 11 is 6.49. The van der Waals surface area contributed by atoms with Gasteiger partial charge in [-0.15, -0.1) is 0 Å². The summed E-state index contributed by atoms with van der Waals surface area (Å²) < 4.78 is 6.30. The summed E-state index contributed by atoms with van der Waals surface area (Å²) in [4.78, 5) is 27.2. The average molecular weight is 490 g/mol. The Kier molecular flexibility index (Phi) is 5.91. The van der Waals surface area contributed by atoms with Crippen molar-refractivity contribution < 1.29 is 14.3 Å². The quantitative estimate of drug-likeness (QED) is 0.508. The lowest BCUT2D eigenvalue weighted by Crippen LogP contribution is -2.42. The number of hydrogen-bond acceptors (Lipinski definition) is 4. The van der Waals surface area contributed by atoms with Gasteiger partial charge in [-0.3, -0.25) is 9.59 Å². The summed E-state index contributed by atoms with van der Waals surface area (Å²) in [5.41, 5.74) is 4.83. The first kappa shape index (κ1) is 23.9. The van der Waals surface area contributed by atoms with Crippen LogP contribution < -0.4 is 10.1 Å². The lowest BCUT2D eigenvalue weighted by Gasteiger charge is -2.44. The summed E-state index contributed by atoms with van der Waals surface area (Å²) in [7, 11) is 0. The maximum absolute atomic E-state index is 13.6. The number of ketones is 2. The highest BCUT2D eigenvalue weighted by molar-refractivity contribution is 6.30. The van der Waals surface area contributed by atoms with Crippen LogP contribution in [0.25, 0.3) is 0 Å². The minimum atomic E-state index is -0.474. The molecule has 0 atom stereocenters. The van der Waals surface area contributed by atoms with Crippen LogP contribution in [0.15, 0.2) is 71.1 Å². The third-order valence-corrected chi connectivity index (χ3v) is 7.47. The van der Waals surface area contributed by atoms with Crippen LogP contribution in [0.1, 0.15) is 70.4 Å². The number of benzene rings is 2. The predicted octanol–water partition coefficient (Wildman–Crippen LogP) is 6.89. The van der Waals surface area contributed by atoms with Crippen LogP contribution in [0.2, 0.25) is 5.02 Å². The molecule has 0 saturated carbocycles. The second kappa shape index (κ2) is 8.67. The number of halogens is 1. The van der Waals surface area contributed by atoms with Gasteiger partial charge in [-0.05, 0) is 47.4 Å². The van der Waals surface area contributed by atoms with Gasteiger partial charge in [0.1, 0.15) is 12.4 Å². The van der Waals surface area contributed by atoms with E-state index in [9.17, 15) is 9.59 Å². The zero-order valence-electron chi connectivity index (χ0n) is 20.8. The molecule has 2 aromatic carbocycles. The van der Waals surface area contributed by atoms with Gasteiger partial charge in [0.15, 0.2) is 11.6 Å². The molecule has 1 heterocycles. The van der Waals surface area contributed by atoms with E-state index in [0.29, 0.717) is 41.4 Å². The van der Waals surface area contributed by atoms with Crippen LogP contribution in [0.5, 0.6) is 5.75 Å². The van der Waals surface area contributed by atoms with Gasteiger partial charge < -0.3 is 10.1 Å². The summed E-state index contributed by atoms with van der Waals surface area (Å²) in [5.74, 6) is 0.357. The number of ether oxygens (including phenoxy) is 1. The number of carbonyl (C=O) groups is 2. The Morgan fingerprint density at radius 1 is 0.857 bits per heavy atom. The Morgan fingerprint density at radius 2 is 1.43 bits per heavy atom. The summed E-state index contributed by atoms with van der Waals surface area (Å²) in [6.45, 7) is 8.89. The molecular weight excluding hydrogens is 458 g/mol. The van der Waals surface area contributed by atoms with Crippen LogP contribution in [0, 0.1) is 10.8 Å². The van der Waals surface area contributed by atoms with Crippen LogP contribution in [0.3, 0.4) is 0 Å². The van der Waals surface area contributed by atoms with Gasteiger partial charge in [-0.1, -0.05) is 69.6 Å². The van der Waals surface area contributed by atoms with Crippen LogP contribution in [0.4, 0.5) is 0 Å². The minimum Gasteiger partial charge on any atom is -0.489 e. The number of dihydropyridines is 1. The van der Waals surface area contributed by atoms with E-state index in [0.717, 1.165) is 35.4 Å². The van der Waals surface area contributed by atoms with Crippen molar-refractivity contribution in [1.82, 2.24) is 5.32 Å². The van der Waals surface area contributed by atoms with Crippen LogP contribution in [-0.2, 0) is 16.2 Å². The van der Waals surface area contributed by atoms with E-state index in [1.807, 2.05) is 42.5 Å². The molecule has 1 N–H and O–H groups in total. The Balaban J connectivity index is 1.65. The fourth-order valence-electron chi connectivity index (χ4n) is 5.81. The van der Waals surface area contributed by atoms with Gasteiger partial charge in [0.05, 0.1) is 0 Å². The topological polar surface area (TPSA) is 55.4 Å². The van der Waals surface area contributed by atoms with Gasteiger partial charge >= 0.3 is 0 Å². The Labute approximate surface area is 212 Å². The van der Waals surface area contributed by atoms with E-state index in [2.05, 4.69) is 33.0 Å². The molecule has 2 aliphatic carbocycles. The van der Waals surface area contributed by atoms with Crippen molar-refractivity contribution in [3.63, 3.8) is 0 Å². The molecule has 0 radical (unpaired) electrons. The molecule has 0 spiro atoms. The van der Waals surface area contributed by atoms with Crippen molar-refractivity contribution >= 4 is 23.2 Å². The molecule has 182 valence electrons. The van der Waals surface area contributed by atoms with E-state index < -0.39 is 5.92 Å².